The predicted molar refractivity (Wildman–Crippen MR) is 110 cm³/mol. The van der Waals surface area contributed by atoms with E-state index in [1.807, 2.05) is 17.1 Å². The van der Waals surface area contributed by atoms with E-state index in [1.54, 1.807) is 0 Å². The molecule has 1 aliphatic heterocycles. The van der Waals surface area contributed by atoms with Gasteiger partial charge in [-0.05, 0) is 50.4 Å². The second-order valence-electron chi connectivity index (χ2n) is 8.34. The topological polar surface area (TPSA) is 77.8 Å². The minimum absolute atomic E-state index is 0.0145. The van der Waals surface area contributed by atoms with Crippen LogP contribution in [0.5, 0.6) is 0 Å². The monoisotopic (exact) mass is 389 g/mol. The number of carbonyl (C=O) groups excluding carboxylic acids is 1. The summed E-state index contributed by atoms with van der Waals surface area (Å²) >= 11 is 0. The van der Waals surface area contributed by atoms with Gasteiger partial charge < -0.3 is 15.1 Å². The number of hydrogen-bond acceptors (Lipinski definition) is 3. The molecule has 2 rings (SSSR count). The number of likely N-dealkylation sites (tertiary alicyclic amines) is 1. The van der Waals surface area contributed by atoms with Crippen LogP contribution in [-0.4, -0.2) is 45.7 Å². The quantitative estimate of drug-likeness (QED) is 0.337. The molecule has 2 fully saturated rings. The Morgan fingerprint density at radius 1 is 1.36 bits per heavy atom. The summed E-state index contributed by atoms with van der Waals surface area (Å²) in [7, 11) is 0. The largest absolute Gasteiger partial charge is 0.481 e. The lowest BCUT2D eigenvalue weighted by Crippen LogP contribution is -2.38. The first-order valence-electron chi connectivity index (χ1n) is 10.8. The molecule has 1 unspecified atom stereocenters. The smallest absolute Gasteiger partial charge is 0.303 e. The third-order valence-corrected chi connectivity index (χ3v) is 5.86. The number of amides is 1. The normalized spacial score (nSPS) is 22.4. The van der Waals surface area contributed by atoms with Gasteiger partial charge in [-0.1, -0.05) is 37.8 Å². The molecule has 0 aromatic carbocycles. The molecule has 2 aliphatic rings. The number of aliphatic hydroxyl groups excluding tert-OH is 1. The summed E-state index contributed by atoms with van der Waals surface area (Å²) in [5.74, 6) is 5.33. The highest BCUT2D eigenvalue weighted by molar-refractivity contribution is 5.77. The Hall–Kier alpha value is -1.80. The molecule has 2 atom stereocenters. The Morgan fingerprint density at radius 3 is 2.82 bits per heavy atom. The maximum Gasteiger partial charge on any atom is 0.303 e. The van der Waals surface area contributed by atoms with Gasteiger partial charge in [-0.3, -0.25) is 9.59 Å². The number of rotatable bonds is 10. The van der Waals surface area contributed by atoms with Crippen molar-refractivity contribution in [2.45, 2.75) is 96.1 Å². The summed E-state index contributed by atoms with van der Waals surface area (Å²) in [5.41, 5.74) is 0.346. The number of carboxylic acids is 1. The number of aliphatic hydroxyl groups is 1. The zero-order valence-corrected chi connectivity index (χ0v) is 17.2. The first-order valence-corrected chi connectivity index (χ1v) is 10.8. The van der Waals surface area contributed by atoms with Crippen molar-refractivity contribution >= 4 is 11.9 Å². The molecule has 0 aromatic heterocycles. The van der Waals surface area contributed by atoms with E-state index >= 15 is 0 Å². The summed E-state index contributed by atoms with van der Waals surface area (Å²) < 4.78 is 0. The van der Waals surface area contributed by atoms with Gasteiger partial charge in [-0.25, -0.2) is 0 Å². The second-order valence-corrected chi connectivity index (χ2v) is 8.34. The van der Waals surface area contributed by atoms with Crippen molar-refractivity contribution in [1.29, 1.82) is 0 Å². The molecule has 0 aromatic rings. The van der Waals surface area contributed by atoms with Crippen LogP contribution in [0.1, 0.15) is 84.0 Å². The first-order chi connectivity index (χ1) is 13.5. The van der Waals surface area contributed by atoms with E-state index in [9.17, 15) is 14.7 Å². The average molecular weight is 390 g/mol. The van der Waals surface area contributed by atoms with Crippen molar-refractivity contribution in [2.24, 2.45) is 5.41 Å². The predicted octanol–water partition coefficient (Wildman–Crippen LogP) is 3.90. The van der Waals surface area contributed by atoms with Crippen LogP contribution in [0.25, 0.3) is 0 Å². The second kappa shape index (κ2) is 11.3. The van der Waals surface area contributed by atoms with Gasteiger partial charge in [0.2, 0.25) is 5.91 Å². The number of aliphatic carboxylic acids is 1. The van der Waals surface area contributed by atoms with Crippen molar-refractivity contribution in [3.8, 4) is 11.8 Å². The van der Waals surface area contributed by atoms with Crippen LogP contribution in [0.3, 0.4) is 0 Å². The van der Waals surface area contributed by atoms with Gasteiger partial charge in [0.15, 0.2) is 0 Å². The molecule has 28 heavy (non-hydrogen) atoms. The van der Waals surface area contributed by atoms with Crippen LogP contribution in [-0.2, 0) is 9.59 Å². The number of carbonyl (C=O) groups is 2. The lowest BCUT2D eigenvalue weighted by molar-refractivity contribution is -0.137. The minimum atomic E-state index is -0.805. The van der Waals surface area contributed by atoms with E-state index < -0.39 is 12.1 Å². The van der Waals surface area contributed by atoms with E-state index in [4.69, 9.17) is 5.11 Å². The van der Waals surface area contributed by atoms with Crippen LogP contribution in [0.15, 0.2) is 12.2 Å². The highest BCUT2D eigenvalue weighted by Crippen LogP contribution is 2.53. The Kier molecular flexibility index (Phi) is 9.05. The summed E-state index contributed by atoms with van der Waals surface area (Å²) in [6, 6.07) is -0.0145. The molecule has 1 amide bonds. The zero-order valence-electron chi connectivity index (χ0n) is 17.2. The molecule has 1 saturated heterocycles. The molecular formula is C23H35NO4. The van der Waals surface area contributed by atoms with Crippen molar-refractivity contribution in [3.05, 3.63) is 12.2 Å². The van der Waals surface area contributed by atoms with Gasteiger partial charge >= 0.3 is 5.97 Å². The van der Waals surface area contributed by atoms with Crippen molar-refractivity contribution in [2.75, 3.05) is 6.54 Å². The molecule has 156 valence electrons. The zero-order chi connectivity index (χ0) is 20.4. The number of unbranched alkanes of at least 4 members (excludes halogenated alkanes) is 1. The van der Waals surface area contributed by atoms with E-state index in [-0.39, 0.29) is 18.4 Å². The van der Waals surface area contributed by atoms with Gasteiger partial charge in [0.25, 0.3) is 0 Å². The van der Waals surface area contributed by atoms with Crippen LogP contribution in [0.2, 0.25) is 0 Å². The fourth-order valence-electron chi connectivity index (χ4n) is 4.11. The fraction of sp³-hybridized carbons (Fsp3) is 0.739. The molecule has 0 radical (unpaired) electrons. The molecule has 0 bridgehead atoms. The average Bonchev–Trinajstić information content (AvgIpc) is 3.41. The maximum absolute atomic E-state index is 12.5. The van der Waals surface area contributed by atoms with E-state index in [1.165, 1.54) is 19.3 Å². The third-order valence-electron chi connectivity index (χ3n) is 5.86. The highest BCUT2D eigenvalue weighted by atomic mass is 16.4. The highest BCUT2D eigenvalue weighted by Gasteiger charge is 2.42. The molecule has 1 aliphatic carbocycles. The number of carboxylic acid groups (broad SMARTS) is 1. The van der Waals surface area contributed by atoms with Crippen LogP contribution in [0, 0.1) is 17.3 Å². The fourth-order valence-corrected chi connectivity index (χ4v) is 4.11. The molecule has 5 nitrogen and oxygen atoms in total. The van der Waals surface area contributed by atoms with Crippen molar-refractivity contribution in [1.82, 2.24) is 4.90 Å². The Morgan fingerprint density at radius 2 is 2.14 bits per heavy atom. The first kappa shape index (κ1) is 22.5. The van der Waals surface area contributed by atoms with Gasteiger partial charge in [0.1, 0.15) is 0 Å². The number of hydrogen-bond donors (Lipinski definition) is 2. The Bertz CT molecular complexity index is 612. The summed E-state index contributed by atoms with van der Waals surface area (Å²) in [6.45, 7) is 2.57. The van der Waals surface area contributed by atoms with Gasteiger partial charge in [-0.15, -0.1) is 5.92 Å². The van der Waals surface area contributed by atoms with Crippen LogP contribution < -0.4 is 0 Å². The van der Waals surface area contributed by atoms with Crippen LogP contribution >= 0.6 is 0 Å². The van der Waals surface area contributed by atoms with Crippen molar-refractivity contribution in [3.63, 3.8) is 0 Å². The lowest BCUT2D eigenvalue weighted by Gasteiger charge is -2.26. The molecular weight excluding hydrogens is 354 g/mol. The minimum Gasteiger partial charge on any atom is -0.481 e. The van der Waals surface area contributed by atoms with E-state index in [0.29, 0.717) is 31.2 Å². The van der Waals surface area contributed by atoms with E-state index in [0.717, 1.165) is 32.1 Å². The Labute approximate surface area is 169 Å². The molecule has 5 heteroatoms. The number of nitrogens with zero attached hydrogens (tertiary/aromatic N) is 1. The van der Waals surface area contributed by atoms with Gasteiger partial charge in [0.05, 0.1) is 18.7 Å². The third kappa shape index (κ3) is 7.67. The lowest BCUT2D eigenvalue weighted by atomic mass is 9.93. The molecule has 1 heterocycles. The van der Waals surface area contributed by atoms with Crippen molar-refractivity contribution < 1.29 is 19.8 Å². The van der Waals surface area contributed by atoms with Gasteiger partial charge in [0, 0.05) is 19.3 Å². The molecule has 2 N–H and O–H groups in total. The summed E-state index contributed by atoms with van der Waals surface area (Å²) in [4.78, 5) is 24.8. The van der Waals surface area contributed by atoms with Gasteiger partial charge in [-0.2, -0.15) is 0 Å². The van der Waals surface area contributed by atoms with Crippen LogP contribution in [0.4, 0.5) is 0 Å². The molecule has 1 saturated carbocycles. The molecule has 0 spiro atoms. The Balaban J connectivity index is 1.90. The maximum atomic E-state index is 12.5. The summed E-state index contributed by atoms with van der Waals surface area (Å²) in [6.07, 6.45) is 13.6. The standard InChI is InChI=1S/C23H35NO4/c1-2-14-23(15-16-23)18-20(25)13-12-19-9-6-7-10-21(26)24(19)17-8-4-3-5-11-22(27)28/h12-13,19-20,25H,2-3,5-7,9-11,14-18H2,1H3,(H,27,28)/t19-,20?/m1/s1. The SMILES string of the molecule is CCCC1(CC(O)C=C[C@H]2CCCCC(=O)N2CC#CCCCC(=O)O)CC1. The van der Waals surface area contributed by atoms with E-state index in [2.05, 4.69) is 18.8 Å². The summed E-state index contributed by atoms with van der Waals surface area (Å²) in [5, 5.41) is 19.1.